The lowest BCUT2D eigenvalue weighted by Crippen LogP contribution is -2.47. The average Bonchev–Trinajstić information content (AvgIpc) is 3.07. The van der Waals surface area contributed by atoms with Gasteiger partial charge in [0.15, 0.2) is 5.96 Å². The molecule has 2 heterocycles. The highest BCUT2D eigenvalue weighted by molar-refractivity contribution is 14.0. The van der Waals surface area contributed by atoms with E-state index in [0.29, 0.717) is 12.1 Å². The molecule has 7 heteroatoms. The van der Waals surface area contributed by atoms with Gasteiger partial charge in [-0.15, -0.1) is 24.0 Å². The molecule has 1 aromatic rings. The Hall–Kier alpha value is -0.860. The lowest BCUT2D eigenvalue weighted by atomic mass is 10.1. The van der Waals surface area contributed by atoms with Crippen molar-refractivity contribution in [1.82, 2.24) is 25.4 Å². The normalized spacial score (nSPS) is 26.9. The molecular weight excluding hydrogens is 391 g/mol. The molecule has 3 unspecified atom stereocenters. The first-order chi connectivity index (χ1) is 10.2. The predicted octanol–water partition coefficient (Wildman–Crippen LogP) is 1.87. The van der Waals surface area contributed by atoms with Crippen molar-refractivity contribution in [3.05, 3.63) is 11.6 Å². The van der Waals surface area contributed by atoms with Crippen LogP contribution in [0.2, 0.25) is 0 Å². The van der Waals surface area contributed by atoms with Crippen LogP contribution in [0.25, 0.3) is 0 Å². The van der Waals surface area contributed by atoms with Crippen LogP contribution in [0.15, 0.2) is 4.99 Å². The summed E-state index contributed by atoms with van der Waals surface area (Å²) >= 11 is 0. The zero-order chi connectivity index (χ0) is 14.8. The molecule has 3 atom stereocenters. The van der Waals surface area contributed by atoms with Crippen molar-refractivity contribution in [2.75, 3.05) is 7.05 Å². The van der Waals surface area contributed by atoms with Crippen LogP contribution in [0.5, 0.6) is 0 Å². The van der Waals surface area contributed by atoms with E-state index in [2.05, 4.69) is 32.6 Å². The van der Waals surface area contributed by atoms with Gasteiger partial charge in [-0.05, 0) is 32.1 Å². The van der Waals surface area contributed by atoms with Crippen molar-refractivity contribution in [3.63, 3.8) is 0 Å². The van der Waals surface area contributed by atoms with E-state index in [4.69, 9.17) is 0 Å². The summed E-state index contributed by atoms with van der Waals surface area (Å²) in [4.78, 5) is 8.82. The fourth-order valence-electron chi connectivity index (χ4n) is 3.21. The lowest BCUT2D eigenvalue weighted by molar-refractivity contribution is 0.392. The van der Waals surface area contributed by atoms with Crippen molar-refractivity contribution in [2.24, 2.45) is 10.9 Å². The van der Waals surface area contributed by atoms with Crippen molar-refractivity contribution >= 4 is 29.9 Å². The zero-order valence-electron chi connectivity index (χ0n) is 13.7. The predicted molar refractivity (Wildman–Crippen MR) is 98.7 cm³/mol. The van der Waals surface area contributed by atoms with Gasteiger partial charge in [0, 0.05) is 25.6 Å². The molecule has 6 nitrogen and oxygen atoms in total. The number of rotatable bonds is 4. The minimum Gasteiger partial charge on any atom is -0.353 e. The summed E-state index contributed by atoms with van der Waals surface area (Å²) in [5, 5.41) is 11.5. The van der Waals surface area contributed by atoms with Gasteiger partial charge in [0.25, 0.3) is 0 Å². The average molecular weight is 418 g/mol. The largest absolute Gasteiger partial charge is 0.353 e. The second kappa shape index (κ2) is 7.61. The van der Waals surface area contributed by atoms with E-state index in [-0.39, 0.29) is 24.0 Å². The monoisotopic (exact) mass is 418 g/mol. The number of hydrogen-bond acceptors (Lipinski definition) is 3. The molecule has 0 bridgehead atoms. The van der Waals surface area contributed by atoms with E-state index < -0.39 is 0 Å². The number of hydrogen-bond donors (Lipinski definition) is 2. The molecular formula is C15H27IN6. The standard InChI is InChI=1S/C15H26N6.HI/c1-4-5-11-8-13(11)19-15(16-3)18-12-6-7-14-17-10(2)20-21(14)9-12;/h11-13H,4-9H2,1-3H3,(H2,16,18,19);1H. The number of halogens is 1. The summed E-state index contributed by atoms with van der Waals surface area (Å²) in [5.41, 5.74) is 0. The van der Waals surface area contributed by atoms with E-state index >= 15 is 0 Å². The first kappa shape index (κ1) is 17.5. The van der Waals surface area contributed by atoms with E-state index in [9.17, 15) is 0 Å². The highest BCUT2D eigenvalue weighted by Gasteiger charge is 2.36. The quantitative estimate of drug-likeness (QED) is 0.445. The summed E-state index contributed by atoms with van der Waals surface area (Å²) < 4.78 is 2.03. The van der Waals surface area contributed by atoms with Crippen molar-refractivity contribution in [3.8, 4) is 0 Å². The Morgan fingerprint density at radius 3 is 2.95 bits per heavy atom. The maximum absolute atomic E-state index is 4.45. The Balaban J connectivity index is 0.00000176. The van der Waals surface area contributed by atoms with Gasteiger partial charge in [-0.3, -0.25) is 4.99 Å². The minimum atomic E-state index is 0. The fourth-order valence-corrected chi connectivity index (χ4v) is 3.21. The van der Waals surface area contributed by atoms with E-state index in [1.165, 1.54) is 19.3 Å². The van der Waals surface area contributed by atoms with E-state index in [1.807, 2.05) is 18.7 Å². The first-order valence-corrected chi connectivity index (χ1v) is 8.09. The molecule has 1 fully saturated rings. The van der Waals surface area contributed by atoms with Crippen LogP contribution in [0.4, 0.5) is 0 Å². The molecule has 0 spiro atoms. The number of guanidine groups is 1. The van der Waals surface area contributed by atoms with Gasteiger partial charge in [-0.25, -0.2) is 9.67 Å². The second-order valence-corrected chi connectivity index (χ2v) is 6.24. The van der Waals surface area contributed by atoms with Gasteiger partial charge in [0.2, 0.25) is 0 Å². The van der Waals surface area contributed by atoms with Crippen LogP contribution in [0.1, 0.15) is 44.3 Å². The molecule has 2 N–H and O–H groups in total. The van der Waals surface area contributed by atoms with Gasteiger partial charge in [0.1, 0.15) is 11.6 Å². The summed E-state index contributed by atoms with van der Waals surface area (Å²) in [6.07, 6.45) is 5.94. The van der Waals surface area contributed by atoms with E-state index in [1.54, 1.807) is 0 Å². The molecule has 1 aliphatic carbocycles. The third-order valence-corrected chi connectivity index (χ3v) is 4.43. The van der Waals surface area contributed by atoms with Gasteiger partial charge >= 0.3 is 0 Å². The maximum Gasteiger partial charge on any atom is 0.191 e. The third kappa shape index (κ3) is 4.11. The number of nitrogens with one attached hydrogen (secondary N) is 2. The smallest absolute Gasteiger partial charge is 0.191 e. The topological polar surface area (TPSA) is 67.1 Å². The van der Waals surface area contributed by atoms with Gasteiger partial charge in [-0.2, -0.15) is 5.10 Å². The Kier molecular flexibility index (Phi) is 6.05. The summed E-state index contributed by atoms with van der Waals surface area (Å²) in [7, 11) is 1.85. The van der Waals surface area contributed by atoms with Crippen LogP contribution in [-0.2, 0) is 13.0 Å². The van der Waals surface area contributed by atoms with Crippen molar-refractivity contribution in [2.45, 2.75) is 64.6 Å². The number of nitrogens with zero attached hydrogens (tertiary/aromatic N) is 4. The molecule has 0 aromatic carbocycles. The highest BCUT2D eigenvalue weighted by atomic mass is 127. The van der Waals surface area contributed by atoms with Gasteiger partial charge in [-0.1, -0.05) is 13.3 Å². The van der Waals surface area contributed by atoms with Crippen molar-refractivity contribution < 1.29 is 0 Å². The summed E-state index contributed by atoms with van der Waals surface area (Å²) in [6, 6.07) is 0.997. The fraction of sp³-hybridized carbons (Fsp3) is 0.800. The van der Waals surface area contributed by atoms with Crippen molar-refractivity contribution in [1.29, 1.82) is 0 Å². The van der Waals surface area contributed by atoms with E-state index in [0.717, 1.165) is 42.9 Å². The molecule has 1 aromatic heterocycles. The first-order valence-electron chi connectivity index (χ1n) is 8.09. The third-order valence-electron chi connectivity index (χ3n) is 4.43. The van der Waals surface area contributed by atoms with Crippen LogP contribution >= 0.6 is 24.0 Å². The molecule has 124 valence electrons. The number of aryl methyl sites for hydroxylation is 2. The van der Waals surface area contributed by atoms with Gasteiger partial charge < -0.3 is 10.6 Å². The Labute approximate surface area is 149 Å². The SMILES string of the molecule is CCCC1CC1NC(=NC)NC1CCc2nc(C)nn2C1.I. The molecule has 22 heavy (non-hydrogen) atoms. The molecule has 0 saturated heterocycles. The summed E-state index contributed by atoms with van der Waals surface area (Å²) in [6.45, 7) is 5.08. The van der Waals surface area contributed by atoms with Crippen LogP contribution in [0.3, 0.4) is 0 Å². The second-order valence-electron chi connectivity index (χ2n) is 6.24. The molecule has 1 aliphatic heterocycles. The van der Waals surface area contributed by atoms with Crippen LogP contribution < -0.4 is 10.6 Å². The highest BCUT2D eigenvalue weighted by Crippen LogP contribution is 2.34. The number of fused-ring (bicyclic) bond motifs is 1. The molecule has 2 aliphatic rings. The Bertz CT molecular complexity index is 526. The Morgan fingerprint density at radius 2 is 2.23 bits per heavy atom. The zero-order valence-corrected chi connectivity index (χ0v) is 16.0. The number of aromatic nitrogens is 3. The molecule has 1 saturated carbocycles. The van der Waals surface area contributed by atoms with Crippen LogP contribution in [-0.4, -0.2) is 39.9 Å². The van der Waals surface area contributed by atoms with Crippen LogP contribution in [0, 0.1) is 12.8 Å². The molecule has 0 radical (unpaired) electrons. The Morgan fingerprint density at radius 1 is 1.41 bits per heavy atom. The molecule has 3 rings (SSSR count). The summed E-state index contributed by atoms with van der Waals surface area (Å²) in [5.74, 6) is 3.75. The molecule has 0 amide bonds. The lowest BCUT2D eigenvalue weighted by Gasteiger charge is -2.25. The maximum atomic E-state index is 4.45. The number of aliphatic imine (C=N–C) groups is 1. The van der Waals surface area contributed by atoms with Gasteiger partial charge in [0.05, 0.1) is 6.54 Å². The minimum absolute atomic E-state index is 0.